The van der Waals surface area contributed by atoms with E-state index >= 15 is 0 Å². The summed E-state index contributed by atoms with van der Waals surface area (Å²) >= 11 is 1.62. The molecule has 3 nitrogen and oxygen atoms in total. The molecule has 1 atom stereocenters. The minimum absolute atomic E-state index is 0.148. The van der Waals surface area contributed by atoms with Gasteiger partial charge in [0.1, 0.15) is 0 Å². The van der Waals surface area contributed by atoms with Gasteiger partial charge in [-0.15, -0.1) is 0 Å². The van der Waals surface area contributed by atoms with Gasteiger partial charge in [0.15, 0.2) is 5.13 Å². The van der Waals surface area contributed by atoms with E-state index in [1.165, 1.54) is 4.70 Å². The third-order valence-corrected chi connectivity index (χ3v) is 3.62. The molecule has 1 heterocycles. The summed E-state index contributed by atoms with van der Waals surface area (Å²) in [7, 11) is 0. The van der Waals surface area contributed by atoms with Gasteiger partial charge in [0, 0.05) is 6.54 Å². The van der Waals surface area contributed by atoms with Crippen molar-refractivity contribution >= 4 is 26.7 Å². The van der Waals surface area contributed by atoms with Crippen molar-refractivity contribution in [2.75, 3.05) is 11.9 Å². The molecule has 0 aliphatic rings. The summed E-state index contributed by atoms with van der Waals surface area (Å²) in [6.45, 7) is 6.95. The lowest BCUT2D eigenvalue weighted by Crippen LogP contribution is -2.25. The number of benzene rings is 1. The molecule has 0 spiro atoms. The molecule has 0 saturated carbocycles. The molecule has 0 amide bonds. The van der Waals surface area contributed by atoms with E-state index in [9.17, 15) is 5.11 Å². The second kappa shape index (κ2) is 5.24. The molecule has 0 bridgehead atoms. The van der Waals surface area contributed by atoms with Gasteiger partial charge in [0.25, 0.3) is 0 Å². The third-order valence-electron chi connectivity index (χ3n) is 2.63. The molecule has 4 heteroatoms. The molecule has 0 aliphatic carbocycles. The number of fused-ring (bicyclic) bond motifs is 1. The lowest BCUT2D eigenvalue weighted by Gasteiger charge is -2.22. The number of hydrogen-bond donors (Lipinski definition) is 2. The number of anilines is 1. The molecule has 0 fully saturated rings. The average Bonchev–Trinajstić information content (AvgIpc) is 2.66. The summed E-state index contributed by atoms with van der Waals surface area (Å²) in [4.78, 5) is 4.48. The van der Waals surface area contributed by atoms with Crippen molar-refractivity contribution in [1.82, 2.24) is 4.98 Å². The predicted molar refractivity (Wildman–Crippen MR) is 78.2 cm³/mol. The number of aromatic nitrogens is 1. The van der Waals surface area contributed by atoms with Crippen LogP contribution in [0.4, 0.5) is 5.13 Å². The van der Waals surface area contributed by atoms with Crippen molar-refractivity contribution < 1.29 is 5.11 Å². The van der Waals surface area contributed by atoms with E-state index in [2.05, 4.69) is 37.1 Å². The van der Waals surface area contributed by atoms with Crippen molar-refractivity contribution in [3.63, 3.8) is 0 Å². The van der Waals surface area contributed by atoms with E-state index in [0.29, 0.717) is 6.54 Å². The number of para-hydroxylation sites is 1. The van der Waals surface area contributed by atoms with Gasteiger partial charge in [-0.25, -0.2) is 4.98 Å². The SMILES string of the molecule is CC(C)(C)CC(O)CNc1nc2ccccc2s1. The molecular formula is C14H20N2OS. The number of aliphatic hydroxyl groups is 1. The molecule has 0 radical (unpaired) electrons. The molecule has 1 aromatic heterocycles. The third kappa shape index (κ3) is 3.68. The number of aliphatic hydroxyl groups excluding tert-OH is 1. The Morgan fingerprint density at radius 3 is 2.72 bits per heavy atom. The standard InChI is InChI=1S/C14H20N2OS/c1-14(2,3)8-10(17)9-15-13-16-11-6-4-5-7-12(11)18-13/h4-7,10,17H,8-9H2,1-3H3,(H,15,16). The largest absolute Gasteiger partial charge is 0.391 e. The second-order valence-electron chi connectivity index (χ2n) is 5.79. The Labute approximate surface area is 112 Å². The van der Waals surface area contributed by atoms with Crippen molar-refractivity contribution in [3.8, 4) is 0 Å². The van der Waals surface area contributed by atoms with E-state index in [4.69, 9.17) is 0 Å². The molecule has 1 aromatic carbocycles. The van der Waals surface area contributed by atoms with Crippen LogP contribution in [-0.2, 0) is 0 Å². The lowest BCUT2D eigenvalue weighted by atomic mass is 9.89. The van der Waals surface area contributed by atoms with E-state index in [1.54, 1.807) is 11.3 Å². The number of hydrogen-bond acceptors (Lipinski definition) is 4. The molecule has 18 heavy (non-hydrogen) atoms. The van der Waals surface area contributed by atoms with Crippen LogP contribution in [0.3, 0.4) is 0 Å². The molecule has 0 aliphatic heterocycles. The highest BCUT2D eigenvalue weighted by Gasteiger charge is 2.16. The fourth-order valence-electron chi connectivity index (χ4n) is 1.93. The van der Waals surface area contributed by atoms with Crippen LogP contribution in [0.2, 0.25) is 0 Å². The molecule has 98 valence electrons. The molecule has 2 aromatic rings. The molecular weight excluding hydrogens is 244 g/mol. The monoisotopic (exact) mass is 264 g/mol. The van der Waals surface area contributed by atoms with E-state index < -0.39 is 0 Å². The zero-order valence-electron chi connectivity index (χ0n) is 11.1. The van der Waals surface area contributed by atoms with Crippen LogP contribution in [0, 0.1) is 5.41 Å². The van der Waals surface area contributed by atoms with Gasteiger partial charge >= 0.3 is 0 Å². The van der Waals surface area contributed by atoms with Crippen LogP contribution in [0.5, 0.6) is 0 Å². The Kier molecular flexibility index (Phi) is 3.88. The van der Waals surface area contributed by atoms with Gasteiger partial charge in [-0.05, 0) is 24.0 Å². The first-order chi connectivity index (χ1) is 8.44. The smallest absolute Gasteiger partial charge is 0.183 e. The van der Waals surface area contributed by atoms with Gasteiger partial charge in [-0.3, -0.25) is 0 Å². The topological polar surface area (TPSA) is 45.1 Å². The fourth-order valence-corrected chi connectivity index (χ4v) is 2.80. The van der Waals surface area contributed by atoms with Crippen molar-refractivity contribution in [2.45, 2.75) is 33.3 Å². The first-order valence-corrected chi connectivity index (χ1v) is 7.03. The summed E-state index contributed by atoms with van der Waals surface area (Å²) in [5.41, 5.74) is 1.16. The number of thiazole rings is 1. The van der Waals surface area contributed by atoms with Gasteiger partial charge < -0.3 is 10.4 Å². The van der Waals surface area contributed by atoms with Crippen LogP contribution in [0.25, 0.3) is 10.2 Å². The zero-order chi connectivity index (χ0) is 13.2. The molecule has 2 rings (SSSR count). The minimum atomic E-state index is -0.336. The van der Waals surface area contributed by atoms with E-state index in [0.717, 1.165) is 17.1 Å². The van der Waals surface area contributed by atoms with Crippen LogP contribution in [0.1, 0.15) is 27.2 Å². The fraction of sp³-hybridized carbons (Fsp3) is 0.500. The number of rotatable bonds is 4. The Hall–Kier alpha value is -1.13. The van der Waals surface area contributed by atoms with Crippen LogP contribution in [0.15, 0.2) is 24.3 Å². The molecule has 1 unspecified atom stereocenters. The summed E-state index contributed by atoms with van der Waals surface area (Å²) in [6.07, 6.45) is 0.447. The Morgan fingerprint density at radius 1 is 1.33 bits per heavy atom. The Morgan fingerprint density at radius 2 is 2.06 bits per heavy atom. The van der Waals surface area contributed by atoms with Gasteiger partial charge in [-0.2, -0.15) is 0 Å². The van der Waals surface area contributed by atoms with Gasteiger partial charge in [-0.1, -0.05) is 44.2 Å². The summed E-state index contributed by atoms with van der Waals surface area (Å²) in [5.74, 6) is 0. The maximum absolute atomic E-state index is 9.94. The molecule has 0 saturated heterocycles. The Bertz CT molecular complexity index is 483. The highest BCUT2D eigenvalue weighted by molar-refractivity contribution is 7.22. The quantitative estimate of drug-likeness (QED) is 0.888. The second-order valence-corrected chi connectivity index (χ2v) is 6.82. The van der Waals surface area contributed by atoms with Crippen molar-refractivity contribution in [3.05, 3.63) is 24.3 Å². The summed E-state index contributed by atoms with van der Waals surface area (Å²) < 4.78 is 1.17. The predicted octanol–water partition coefficient (Wildman–Crippen LogP) is 3.51. The highest BCUT2D eigenvalue weighted by atomic mass is 32.1. The van der Waals surface area contributed by atoms with Crippen LogP contribution < -0.4 is 5.32 Å². The lowest BCUT2D eigenvalue weighted by molar-refractivity contribution is 0.132. The first kappa shape index (κ1) is 13.3. The normalized spacial score (nSPS) is 13.8. The van der Waals surface area contributed by atoms with Crippen LogP contribution >= 0.6 is 11.3 Å². The van der Waals surface area contributed by atoms with Gasteiger partial charge in [0.05, 0.1) is 16.3 Å². The summed E-state index contributed by atoms with van der Waals surface area (Å²) in [6, 6.07) is 8.06. The highest BCUT2D eigenvalue weighted by Crippen LogP contribution is 2.26. The minimum Gasteiger partial charge on any atom is -0.391 e. The maximum Gasteiger partial charge on any atom is 0.183 e. The Balaban J connectivity index is 1.94. The van der Waals surface area contributed by atoms with Crippen molar-refractivity contribution in [1.29, 1.82) is 0 Å². The summed E-state index contributed by atoms with van der Waals surface area (Å²) in [5, 5.41) is 14.0. The van der Waals surface area contributed by atoms with Crippen molar-refractivity contribution in [2.24, 2.45) is 5.41 Å². The number of nitrogens with one attached hydrogen (secondary N) is 1. The average molecular weight is 264 g/mol. The van der Waals surface area contributed by atoms with Crippen LogP contribution in [-0.4, -0.2) is 22.7 Å². The number of nitrogens with zero attached hydrogens (tertiary/aromatic N) is 1. The zero-order valence-corrected chi connectivity index (χ0v) is 11.9. The maximum atomic E-state index is 9.94. The van der Waals surface area contributed by atoms with Gasteiger partial charge in [0.2, 0.25) is 0 Å². The van der Waals surface area contributed by atoms with E-state index in [-0.39, 0.29) is 11.5 Å². The first-order valence-electron chi connectivity index (χ1n) is 6.21. The molecule has 2 N–H and O–H groups in total. The van der Waals surface area contributed by atoms with E-state index in [1.807, 2.05) is 18.2 Å².